The number of benzene rings is 1. The zero-order valence-electron chi connectivity index (χ0n) is 11.8. The molecule has 19 heavy (non-hydrogen) atoms. The summed E-state index contributed by atoms with van der Waals surface area (Å²) in [4.78, 5) is 2.53. The molecule has 0 saturated carbocycles. The van der Waals surface area contributed by atoms with Crippen molar-refractivity contribution in [3.8, 4) is 5.75 Å². The van der Waals surface area contributed by atoms with E-state index in [1.54, 1.807) is 0 Å². The first-order chi connectivity index (χ1) is 9.36. The summed E-state index contributed by atoms with van der Waals surface area (Å²) in [5.41, 5.74) is 2.63. The third-order valence-electron chi connectivity index (χ3n) is 4.33. The van der Waals surface area contributed by atoms with Crippen molar-refractivity contribution >= 4 is 5.69 Å². The van der Waals surface area contributed by atoms with Crippen molar-refractivity contribution in [1.82, 2.24) is 4.90 Å². The molecule has 1 N–H and O–H groups in total. The number of nitrogens with zero attached hydrogens (tertiary/aromatic N) is 1. The van der Waals surface area contributed by atoms with Gasteiger partial charge in [-0.15, -0.1) is 0 Å². The Labute approximate surface area is 115 Å². The fraction of sp³-hybridized carbons (Fsp3) is 0.625. The molecule has 2 heterocycles. The average Bonchev–Trinajstić information content (AvgIpc) is 2.94. The Hall–Kier alpha value is -1.22. The van der Waals surface area contributed by atoms with Crippen molar-refractivity contribution in [3.05, 3.63) is 23.8 Å². The molecule has 3 nitrogen and oxygen atoms in total. The number of ether oxygens (including phenoxy) is 1. The highest BCUT2D eigenvalue weighted by molar-refractivity contribution is 5.65. The number of likely N-dealkylation sites (tertiary alicyclic amines) is 1. The van der Waals surface area contributed by atoms with Crippen LogP contribution in [-0.2, 0) is 6.42 Å². The first kappa shape index (κ1) is 12.8. The molecular formula is C16H24N2O. The van der Waals surface area contributed by atoms with Crippen LogP contribution in [-0.4, -0.2) is 37.7 Å². The van der Waals surface area contributed by atoms with E-state index < -0.39 is 0 Å². The smallest absolute Gasteiger partial charge is 0.142 e. The van der Waals surface area contributed by atoms with Crippen molar-refractivity contribution < 1.29 is 4.74 Å². The number of nitrogens with one attached hydrogen (secondary N) is 1. The number of hydrogen-bond donors (Lipinski definition) is 1. The van der Waals surface area contributed by atoms with Crippen molar-refractivity contribution in [2.24, 2.45) is 5.92 Å². The van der Waals surface area contributed by atoms with Crippen LogP contribution in [0.2, 0.25) is 0 Å². The van der Waals surface area contributed by atoms with Gasteiger partial charge in [-0.05, 0) is 44.0 Å². The topological polar surface area (TPSA) is 24.5 Å². The Morgan fingerprint density at radius 3 is 3.26 bits per heavy atom. The third-order valence-corrected chi connectivity index (χ3v) is 4.33. The van der Waals surface area contributed by atoms with E-state index in [0.717, 1.165) is 25.3 Å². The number of anilines is 1. The molecule has 2 aliphatic rings. The lowest BCUT2D eigenvalue weighted by Gasteiger charge is -2.31. The van der Waals surface area contributed by atoms with Gasteiger partial charge in [0.25, 0.3) is 0 Å². The normalized spacial score (nSPS) is 22.9. The summed E-state index contributed by atoms with van der Waals surface area (Å²) in [6.45, 7) is 7.77. The van der Waals surface area contributed by atoms with Crippen LogP contribution in [0.1, 0.15) is 25.3 Å². The lowest BCUT2D eigenvalue weighted by Crippen LogP contribution is -2.37. The Bertz CT molecular complexity index is 433. The van der Waals surface area contributed by atoms with Crippen molar-refractivity contribution in [2.45, 2.75) is 26.2 Å². The van der Waals surface area contributed by atoms with Gasteiger partial charge in [0.1, 0.15) is 5.75 Å². The second kappa shape index (κ2) is 5.83. The number of piperidine rings is 1. The molecule has 104 valence electrons. The van der Waals surface area contributed by atoms with Gasteiger partial charge < -0.3 is 15.0 Å². The minimum absolute atomic E-state index is 0.686. The first-order valence-corrected chi connectivity index (χ1v) is 7.57. The lowest BCUT2D eigenvalue weighted by molar-refractivity contribution is 0.135. The predicted octanol–water partition coefficient (Wildman–Crippen LogP) is 2.77. The molecule has 1 aromatic rings. The van der Waals surface area contributed by atoms with Crippen LogP contribution in [0, 0.1) is 5.92 Å². The zero-order chi connectivity index (χ0) is 13.1. The molecule has 1 aromatic carbocycles. The summed E-state index contributed by atoms with van der Waals surface area (Å²) in [6, 6.07) is 6.40. The van der Waals surface area contributed by atoms with Gasteiger partial charge in [0, 0.05) is 19.0 Å². The summed E-state index contributed by atoms with van der Waals surface area (Å²) in [7, 11) is 0. The van der Waals surface area contributed by atoms with Gasteiger partial charge in [-0.25, -0.2) is 0 Å². The van der Waals surface area contributed by atoms with Gasteiger partial charge in [-0.2, -0.15) is 0 Å². The number of rotatable bonds is 4. The van der Waals surface area contributed by atoms with Crippen LogP contribution in [0.25, 0.3) is 0 Å². The van der Waals surface area contributed by atoms with Crippen LogP contribution >= 0.6 is 0 Å². The van der Waals surface area contributed by atoms with Gasteiger partial charge >= 0.3 is 0 Å². The first-order valence-electron chi connectivity index (χ1n) is 7.57. The highest BCUT2D eigenvalue weighted by Crippen LogP contribution is 2.33. The summed E-state index contributed by atoms with van der Waals surface area (Å²) < 4.78 is 6.09. The third kappa shape index (κ3) is 2.86. The van der Waals surface area contributed by atoms with Crippen LogP contribution in [0.3, 0.4) is 0 Å². The second-order valence-corrected chi connectivity index (χ2v) is 5.68. The fourth-order valence-corrected chi connectivity index (χ4v) is 3.21. The van der Waals surface area contributed by atoms with Gasteiger partial charge in [-0.1, -0.05) is 19.1 Å². The van der Waals surface area contributed by atoms with Crippen molar-refractivity contribution in [3.63, 3.8) is 0 Å². The van der Waals surface area contributed by atoms with Gasteiger partial charge in [0.05, 0.1) is 12.3 Å². The molecule has 1 atom stereocenters. The Morgan fingerprint density at radius 1 is 1.42 bits per heavy atom. The molecule has 1 fully saturated rings. The van der Waals surface area contributed by atoms with E-state index >= 15 is 0 Å². The molecule has 0 spiro atoms. The van der Waals surface area contributed by atoms with E-state index in [1.807, 2.05) is 0 Å². The van der Waals surface area contributed by atoms with E-state index in [0.29, 0.717) is 5.92 Å². The summed E-state index contributed by atoms with van der Waals surface area (Å²) in [5.74, 6) is 1.73. The van der Waals surface area contributed by atoms with E-state index in [-0.39, 0.29) is 0 Å². The van der Waals surface area contributed by atoms with E-state index in [4.69, 9.17) is 4.74 Å². The predicted molar refractivity (Wildman–Crippen MR) is 79.0 cm³/mol. The molecule has 0 bridgehead atoms. The summed E-state index contributed by atoms with van der Waals surface area (Å²) in [6.07, 6.45) is 3.74. The molecule has 3 heteroatoms. The molecule has 0 amide bonds. The minimum Gasteiger partial charge on any atom is -0.491 e. The molecule has 1 saturated heterocycles. The fourth-order valence-electron chi connectivity index (χ4n) is 3.21. The minimum atomic E-state index is 0.686. The lowest BCUT2D eigenvalue weighted by atomic mass is 9.99. The average molecular weight is 260 g/mol. The van der Waals surface area contributed by atoms with Crippen molar-refractivity contribution in [2.75, 3.05) is 38.1 Å². The Kier molecular flexibility index (Phi) is 3.92. The van der Waals surface area contributed by atoms with Crippen LogP contribution < -0.4 is 10.1 Å². The quantitative estimate of drug-likeness (QED) is 0.901. The monoisotopic (exact) mass is 260 g/mol. The van der Waals surface area contributed by atoms with Crippen LogP contribution in [0.15, 0.2) is 18.2 Å². The zero-order valence-corrected chi connectivity index (χ0v) is 11.8. The summed E-state index contributed by atoms with van der Waals surface area (Å²) in [5, 5.41) is 3.44. The van der Waals surface area contributed by atoms with Gasteiger partial charge in [0.15, 0.2) is 0 Å². The molecule has 3 rings (SSSR count). The number of para-hydroxylation sites is 1. The molecule has 1 unspecified atom stereocenters. The molecule has 0 aromatic heterocycles. The highest BCUT2D eigenvalue weighted by atomic mass is 16.5. The molecule has 0 radical (unpaired) electrons. The number of fused-ring (bicyclic) bond motifs is 1. The summed E-state index contributed by atoms with van der Waals surface area (Å²) >= 11 is 0. The van der Waals surface area contributed by atoms with Gasteiger partial charge in [-0.3, -0.25) is 0 Å². The largest absolute Gasteiger partial charge is 0.491 e. The SMILES string of the molecule is CCN1CCCC(COc2cccc3c2NCC3)C1. The molecular weight excluding hydrogens is 236 g/mol. The highest BCUT2D eigenvalue weighted by Gasteiger charge is 2.20. The number of hydrogen-bond acceptors (Lipinski definition) is 3. The Balaban J connectivity index is 1.59. The van der Waals surface area contributed by atoms with E-state index in [1.165, 1.54) is 43.7 Å². The van der Waals surface area contributed by atoms with Crippen LogP contribution in [0.5, 0.6) is 5.75 Å². The standard InChI is InChI=1S/C16H24N2O/c1-2-18-10-4-5-13(11-18)12-19-15-7-3-6-14-8-9-17-16(14)15/h3,6-7,13,17H,2,4-5,8-12H2,1H3. The second-order valence-electron chi connectivity index (χ2n) is 5.68. The maximum Gasteiger partial charge on any atom is 0.142 e. The Morgan fingerprint density at radius 2 is 2.37 bits per heavy atom. The van der Waals surface area contributed by atoms with Crippen LogP contribution in [0.4, 0.5) is 5.69 Å². The molecule has 2 aliphatic heterocycles. The maximum atomic E-state index is 6.09. The molecule has 0 aliphatic carbocycles. The van der Waals surface area contributed by atoms with E-state index in [9.17, 15) is 0 Å². The van der Waals surface area contributed by atoms with Crippen molar-refractivity contribution in [1.29, 1.82) is 0 Å². The van der Waals surface area contributed by atoms with E-state index in [2.05, 4.69) is 35.3 Å². The maximum absolute atomic E-state index is 6.09. The van der Waals surface area contributed by atoms with Gasteiger partial charge in [0.2, 0.25) is 0 Å².